The van der Waals surface area contributed by atoms with Crippen molar-refractivity contribution < 1.29 is 9.90 Å². The van der Waals surface area contributed by atoms with Crippen molar-refractivity contribution in [2.45, 2.75) is 46.5 Å². The van der Waals surface area contributed by atoms with E-state index in [4.69, 9.17) is 0 Å². The van der Waals surface area contributed by atoms with Gasteiger partial charge in [0.25, 0.3) is 0 Å². The molecule has 108 valence electrons. The van der Waals surface area contributed by atoms with E-state index in [1.807, 2.05) is 6.92 Å². The first-order valence-corrected chi connectivity index (χ1v) is 7.27. The average Bonchev–Trinajstić information content (AvgIpc) is 2.71. The van der Waals surface area contributed by atoms with Gasteiger partial charge in [0, 0.05) is 16.6 Å². The Morgan fingerprint density at radius 2 is 2.05 bits per heavy atom. The molecule has 0 aliphatic rings. The van der Waals surface area contributed by atoms with Crippen LogP contribution in [0.3, 0.4) is 0 Å². The number of aromatic nitrogens is 1. The minimum atomic E-state index is -0.732. The number of carboxylic acids is 1. The number of para-hydroxylation sites is 1. The lowest BCUT2D eigenvalue weighted by Crippen LogP contribution is -2.12. The molecule has 0 spiro atoms. The van der Waals surface area contributed by atoms with Crippen LogP contribution in [0.2, 0.25) is 0 Å². The third kappa shape index (κ3) is 2.58. The molecular formula is C17H23NO2. The fourth-order valence-corrected chi connectivity index (χ4v) is 3.06. The van der Waals surface area contributed by atoms with Gasteiger partial charge in [-0.05, 0) is 36.3 Å². The number of fused-ring (bicyclic) bond motifs is 1. The largest absolute Gasteiger partial charge is 0.481 e. The van der Waals surface area contributed by atoms with Crippen molar-refractivity contribution >= 4 is 16.9 Å². The molecule has 3 nitrogen and oxygen atoms in total. The molecule has 0 saturated carbocycles. The first-order chi connectivity index (χ1) is 9.45. The highest BCUT2D eigenvalue weighted by Crippen LogP contribution is 2.36. The van der Waals surface area contributed by atoms with Crippen molar-refractivity contribution in [1.82, 2.24) is 4.98 Å². The number of hydrogen-bond acceptors (Lipinski definition) is 1. The number of rotatable bonds is 5. The van der Waals surface area contributed by atoms with Crippen molar-refractivity contribution in [3.8, 4) is 0 Å². The van der Waals surface area contributed by atoms with E-state index in [0.717, 1.165) is 12.1 Å². The van der Waals surface area contributed by atoms with Gasteiger partial charge in [-0.2, -0.15) is 0 Å². The zero-order chi connectivity index (χ0) is 14.9. The van der Waals surface area contributed by atoms with Crippen LogP contribution in [0.15, 0.2) is 18.2 Å². The molecule has 3 heteroatoms. The predicted octanol–water partition coefficient (Wildman–Crippen LogP) is 4.25. The van der Waals surface area contributed by atoms with Crippen LogP contribution in [-0.2, 0) is 11.2 Å². The van der Waals surface area contributed by atoms with Gasteiger partial charge >= 0.3 is 5.97 Å². The summed E-state index contributed by atoms with van der Waals surface area (Å²) in [6.45, 7) is 8.37. The quantitative estimate of drug-likeness (QED) is 0.855. The lowest BCUT2D eigenvalue weighted by molar-refractivity contribution is -0.137. The third-order valence-corrected chi connectivity index (χ3v) is 4.11. The SMILES string of the molecule is CCc1cccc2c(C(CC(=O)O)C(C)C)c(C)[nH]c12. The van der Waals surface area contributed by atoms with Crippen LogP contribution in [-0.4, -0.2) is 16.1 Å². The lowest BCUT2D eigenvalue weighted by Gasteiger charge is -2.20. The smallest absolute Gasteiger partial charge is 0.303 e. The van der Waals surface area contributed by atoms with Gasteiger partial charge in [0.1, 0.15) is 0 Å². The molecule has 1 heterocycles. The molecule has 0 radical (unpaired) electrons. The zero-order valence-corrected chi connectivity index (χ0v) is 12.7. The Morgan fingerprint density at radius 1 is 1.35 bits per heavy atom. The number of aryl methyl sites for hydroxylation is 2. The fourth-order valence-electron chi connectivity index (χ4n) is 3.06. The van der Waals surface area contributed by atoms with Gasteiger partial charge in [-0.25, -0.2) is 0 Å². The van der Waals surface area contributed by atoms with Crippen LogP contribution in [0, 0.1) is 12.8 Å². The maximum atomic E-state index is 11.2. The molecular weight excluding hydrogens is 250 g/mol. The second-order valence-corrected chi connectivity index (χ2v) is 5.81. The molecule has 0 aliphatic heterocycles. The minimum Gasteiger partial charge on any atom is -0.481 e. The Labute approximate surface area is 120 Å². The van der Waals surface area contributed by atoms with E-state index in [2.05, 4.69) is 44.0 Å². The highest BCUT2D eigenvalue weighted by atomic mass is 16.4. The van der Waals surface area contributed by atoms with Crippen molar-refractivity contribution in [2.75, 3.05) is 0 Å². The number of aromatic amines is 1. The molecule has 1 aromatic carbocycles. The first-order valence-electron chi connectivity index (χ1n) is 7.27. The molecule has 1 aromatic heterocycles. The Hall–Kier alpha value is -1.77. The van der Waals surface area contributed by atoms with Gasteiger partial charge in [0.15, 0.2) is 0 Å². The predicted molar refractivity (Wildman–Crippen MR) is 82.2 cm³/mol. The summed E-state index contributed by atoms with van der Waals surface area (Å²) in [5, 5.41) is 10.4. The van der Waals surface area contributed by atoms with E-state index in [0.29, 0.717) is 5.92 Å². The van der Waals surface area contributed by atoms with Crippen LogP contribution >= 0.6 is 0 Å². The van der Waals surface area contributed by atoms with E-state index in [1.54, 1.807) is 0 Å². The normalized spacial score (nSPS) is 13.1. The second-order valence-electron chi connectivity index (χ2n) is 5.81. The molecule has 1 unspecified atom stereocenters. The summed E-state index contributed by atoms with van der Waals surface area (Å²) >= 11 is 0. The Bertz CT molecular complexity index is 625. The summed E-state index contributed by atoms with van der Waals surface area (Å²) in [6, 6.07) is 6.30. The van der Waals surface area contributed by atoms with Crippen molar-refractivity contribution in [1.29, 1.82) is 0 Å². The second kappa shape index (κ2) is 5.70. The maximum absolute atomic E-state index is 11.2. The topological polar surface area (TPSA) is 53.1 Å². The zero-order valence-electron chi connectivity index (χ0n) is 12.7. The van der Waals surface area contributed by atoms with Crippen molar-refractivity contribution in [3.05, 3.63) is 35.0 Å². The molecule has 2 aromatic rings. The van der Waals surface area contributed by atoms with E-state index in [9.17, 15) is 9.90 Å². The van der Waals surface area contributed by atoms with Crippen molar-refractivity contribution in [3.63, 3.8) is 0 Å². The molecule has 0 bridgehead atoms. The van der Waals surface area contributed by atoms with Gasteiger partial charge in [-0.1, -0.05) is 39.0 Å². The van der Waals surface area contributed by atoms with E-state index >= 15 is 0 Å². The average molecular weight is 273 g/mol. The summed E-state index contributed by atoms with van der Waals surface area (Å²) < 4.78 is 0. The van der Waals surface area contributed by atoms with Crippen LogP contribution in [0.5, 0.6) is 0 Å². The van der Waals surface area contributed by atoms with Gasteiger partial charge in [0.05, 0.1) is 6.42 Å². The van der Waals surface area contributed by atoms with Crippen LogP contribution in [0.4, 0.5) is 0 Å². The maximum Gasteiger partial charge on any atom is 0.303 e. The Balaban J connectivity index is 2.63. The monoisotopic (exact) mass is 273 g/mol. The lowest BCUT2D eigenvalue weighted by atomic mass is 9.84. The minimum absolute atomic E-state index is 0.0494. The van der Waals surface area contributed by atoms with Gasteiger partial charge in [-0.15, -0.1) is 0 Å². The number of nitrogens with one attached hydrogen (secondary N) is 1. The molecule has 0 saturated heterocycles. The van der Waals surface area contributed by atoms with Gasteiger partial charge < -0.3 is 10.1 Å². The van der Waals surface area contributed by atoms with E-state index < -0.39 is 5.97 Å². The fraction of sp³-hybridized carbons (Fsp3) is 0.471. The first kappa shape index (κ1) is 14.6. The summed E-state index contributed by atoms with van der Waals surface area (Å²) in [6.07, 6.45) is 1.16. The van der Waals surface area contributed by atoms with E-state index in [1.165, 1.54) is 22.0 Å². The molecule has 20 heavy (non-hydrogen) atoms. The summed E-state index contributed by atoms with van der Waals surface area (Å²) in [5.74, 6) is -0.383. The molecule has 0 fully saturated rings. The number of H-pyrrole nitrogens is 1. The molecule has 0 aliphatic carbocycles. The molecule has 0 amide bonds. The van der Waals surface area contributed by atoms with Crippen molar-refractivity contribution in [2.24, 2.45) is 5.92 Å². The van der Waals surface area contributed by atoms with Gasteiger partial charge in [0.2, 0.25) is 0 Å². The van der Waals surface area contributed by atoms with E-state index in [-0.39, 0.29) is 12.3 Å². The summed E-state index contributed by atoms with van der Waals surface area (Å²) in [4.78, 5) is 14.6. The molecule has 1 atom stereocenters. The Morgan fingerprint density at radius 3 is 2.60 bits per heavy atom. The number of benzene rings is 1. The molecule has 2 N–H and O–H groups in total. The van der Waals surface area contributed by atoms with Crippen LogP contribution < -0.4 is 0 Å². The number of carbonyl (C=O) groups is 1. The highest BCUT2D eigenvalue weighted by Gasteiger charge is 2.24. The number of aliphatic carboxylic acids is 1. The van der Waals surface area contributed by atoms with Gasteiger partial charge in [-0.3, -0.25) is 4.79 Å². The summed E-state index contributed by atoms with van der Waals surface area (Å²) in [5.41, 5.74) is 4.72. The third-order valence-electron chi connectivity index (χ3n) is 4.11. The number of hydrogen-bond donors (Lipinski definition) is 2. The summed E-state index contributed by atoms with van der Waals surface area (Å²) in [7, 11) is 0. The Kier molecular flexibility index (Phi) is 4.17. The standard InChI is InChI=1S/C17H23NO2/c1-5-12-7-6-8-13-16(11(4)18-17(12)13)14(10(2)3)9-15(19)20/h6-8,10,14,18H,5,9H2,1-4H3,(H,19,20). The molecule has 2 rings (SSSR count). The van der Waals surface area contributed by atoms with Crippen LogP contribution in [0.25, 0.3) is 10.9 Å². The van der Waals surface area contributed by atoms with Crippen LogP contribution in [0.1, 0.15) is 49.9 Å². The highest BCUT2D eigenvalue weighted by molar-refractivity contribution is 5.88. The number of carboxylic acid groups (broad SMARTS) is 1.